The van der Waals surface area contributed by atoms with Gasteiger partial charge in [-0.2, -0.15) is 5.26 Å². The molecule has 1 atom stereocenters. The van der Waals surface area contributed by atoms with Gasteiger partial charge < -0.3 is 10.2 Å². The highest BCUT2D eigenvalue weighted by Gasteiger charge is 2.21. The lowest BCUT2D eigenvalue weighted by Crippen LogP contribution is -2.41. The zero-order chi connectivity index (χ0) is 11.2. The van der Waals surface area contributed by atoms with Gasteiger partial charge in [0.25, 0.3) is 6.43 Å². The van der Waals surface area contributed by atoms with Crippen LogP contribution in [-0.4, -0.2) is 44.0 Å². The van der Waals surface area contributed by atoms with Crippen LogP contribution in [0.4, 0.5) is 8.78 Å². The van der Waals surface area contributed by atoms with E-state index in [1.54, 1.807) is 21.0 Å². The van der Waals surface area contributed by atoms with Gasteiger partial charge in [0.15, 0.2) is 0 Å². The Hall–Kier alpha value is -0.730. The summed E-state index contributed by atoms with van der Waals surface area (Å²) in [4.78, 5) is 1.53. The summed E-state index contributed by atoms with van der Waals surface area (Å²) in [6, 6.07) is 2.11. The molecule has 0 saturated carbocycles. The molecule has 0 amide bonds. The number of rotatable bonds is 6. The van der Waals surface area contributed by atoms with E-state index in [9.17, 15) is 8.78 Å². The summed E-state index contributed by atoms with van der Waals surface area (Å²) in [7, 11) is 3.32. The van der Waals surface area contributed by atoms with Crippen LogP contribution in [0.1, 0.15) is 13.3 Å². The maximum Gasteiger partial charge on any atom is 0.251 e. The van der Waals surface area contributed by atoms with Crippen molar-refractivity contribution in [3.8, 4) is 6.07 Å². The third kappa shape index (κ3) is 5.10. The minimum atomic E-state index is -2.32. The molecular weight excluding hydrogens is 188 g/mol. The Morgan fingerprint density at radius 2 is 2.14 bits per heavy atom. The van der Waals surface area contributed by atoms with Gasteiger partial charge in [0, 0.05) is 6.54 Å². The Balaban J connectivity index is 3.87. The van der Waals surface area contributed by atoms with E-state index in [4.69, 9.17) is 5.26 Å². The third-order valence-corrected chi connectivity index (χ3v) is 2.24. The number of hydrogen-bond donors (Lipinski definition) is 1. The molecule has 0 spiro atoms. The molecule has 0 saturated heterocycles. The fourth-order valence-corrected chi connectivity index (χ4v) is 0.978. The highest BCUT2D eigenvalue weighted by atomic mass is 19.3. The molecule has 82 valence electrons. The van der Waals surface area contributed by atoms with E-state index in [-0.39, 0.29) is 6.54 Å². The monoisotopic (exact) mass is 205 g/mol. The van der Waals surface area contributed by atoms with Crippen molar-refractivity contribution in [3.05, 3.63) is 0 Å². The second kappa shape index (κ2) is 5.89. The van der Waals surface area contributed by atoms with Gasteiger partial charge in [0.2, 0.25) is 0 Å². The maximum absolute atomic E-state index is 11.9. The molecule has 0 aromatic rings. The van der Waals surface area contributed by atoms with Gasteiger partial charge in [-0.25, -0.2) is 8.78 Å². The molecule has 0 heterocycles. The predicted octanol–water partition coefficient (Wildman–Crippen LogP) is 1.08. The maximum atomic E-state index is 11.9. The van der Waals surface area contributed by atoms with Crippen LogP contribution in [0.5, 0.6) is 0 Å². The van der Waals surface area contributed by atoms with Crippen molar-refractivity contribution in [3.63, 3.8) is 0 Å². The smallest absolute Gasteiger partial charge is 0.251 e. The number of hydrogen-bond acceptors (Lipinski definition) is 3. The van der Waals surface area contributed by atoms with Crippen LogP contribution in [-0.2, 0) is 0 Å². The molecule has 0 aromatic heterocycles. The Kier molecular flexibility index (Phi) is 5.58. The zero-order valence-corrected chi connectivity index (χ0v) is 8.85. The lowest BCUT2D eigenvalue weighted by atomic mass is 10.0. The minimum Gasteiger partial charge on any atom is -0.303 e. The number of halogens is 2. The van der Waals surface area contributed by atoms with E-state index in [1.807, 2.05) is 0 Å². The molecule has 0 aromatic carbocycles. The normalized spacial score (nSPS) is 15.6. The highest BCUT2D eigenvalue weighted by molar-refractivity contribution is 5.03. The number of nitriles is 1. The Bertz CT molecular complexity index is 203. The Labute approximate surface area is 83.7 Å². The van der Waals surface area contributed by atoms with E-state index in [0.717, 1.165) is 0 Å². The molecule has 0 bridgehead atoms. The average molecular weight is 205 g/mol. The first-order valence-corrected chi connectivity index (χ1v) is 4.50. The van der Waals surface area contributed by atoms with Crippen LogP contribution >= 0.6 is 0 Å². The molecule has 0 aliphatic heterocycles. The predicted molar refractivity (Wildman–Crippen MR) is 51.2 cm³/mol. The fraction of sp³-hybridized carbons (Fsp3) is 0.889. The second-order valence-corrected chi connectivity index (χ2v) is 3.60. The summed E-state index contributed by atoms with van der Waals surface area (Å²) < 4.78 is 23.9. The molecular formula is C9H17F2N3. The first-order valence-electron chi connectivity index (χ1n) is 4.50. The summed E-state index contributed by atoms with van der Waals surface area (Å²) in [5.74, 6) is 0. The van der Waals surface area contributed by atoms with Crippen molar-refractivity contribution in [1.29, 1.82) is 5.26 Å². The molecule has 0 rings (SSSR count). The van der Waals surface area contributed by atoms with Crippen molar-refractivity contribution < 1.29 is 8.78 Å². The van der Waals surface area contributed by atoms with Crippen molar-refractivity contribution in [2.24, 2.45) is 0 Å². The van der Waals surface area contributed by atoms with Crippen LogP contribution < -0.4 is 5.32 Å². The van der Waals surface area contributed by atoms with Crippen LogP contribution in [0.3, 0.4) is 0 Å². The standard InChI is InChI=1S/C9H17F2N3/c1-9(7-12,13-2)4-5-14(3)6-8(10)11/h8,13H,4-6H2,1-3H3. The molecule has 5 heteroatoms. The average Bonchev–Trinajstić information content (AvgIpc) is 2.13. The lowest BCUT2D eigenvalue weighted by Gasteiger charge is -2.24. The lowest BCUT2D eigenvalue weighted by molar-refractivity contribution is 0.0975. The number of alkyl halides is 2. The molecule has 3 nitrogen and oxygen atoms in total. The SMILES string of the molecule is CNC(C)(C#N)CCN(C)CC(F)F. The Morgan fingerprint density at radius 3 is 2.50 bits per heavy atom. The van der Waals surface area contributed by atoms with E-state index in [0.29, 0.717) is 13.0 Å². The third-order valence-electron chi connectivity index (χ3n) is 2.24. The first kappa shape index (κ1) is 13.3. The van der Waals surface area contributed by atoms with E-state index < -0.39 is 12.0 Å². The van der Waals surface area contributed by atoms with Crippen molar-refractivity contribution >= 4 is 0 Å². The number of nitrogens with one attached hydrogen (secondary N) is 1. The molecule has 14 heavy (non-hydrogen) atoms. The van der Waals surface area contributed by atoms with E-state index >= 15 is 0 Å². The molecule has 0 radical (unpaired) electrons. The zero-order valence-electron chi connectivity index (χ0n) is 8.85. The summed E-state index contributed by atoms with van der Waals surface area (Å²) in [5.41, 5.74) is -0.629. The summed E-state index contributed by atoms with van der Waals surface area (Å²) in [6.07, 6.45) is -1.79. The van der Waals surface area contributed by atoms with Gasteiger partial charge in [0.1, 0.15) is 5.54 Å². The van der Waals surface area contributed by atoms with Crippen LogP contribution in [0.15, 0.2) is 0 Å². The minimum absolute atomic E-state index is 0.245. The van der Waals surface area contributed by atoms with Gasteiger partial charge in [-0.1, -0.05) is 0 Å². The van der Waals surface area contributed by atoms with Crippen LogP contribution in [0.25, 0.3) is 0 Å². The topological polar surface area (TPSA) is 39.1 Å². The van der Waals surface area contributed by atoms with Gasteiger partial charge in [-0.3, -0.25) is 0 Å². The van der Waals surface area contributed by atoms with Gasteiger partial charge in [-0.05, 0) is 27.4 Å². The molecule has 1 unspecified atom stereocenters. The first-order chi connectivity index (χ1) is 6.43. The van der Waals surface area contributed by atoms with E-state index in [1.165, 1.54) is 4.90 Å². The van der Waals surface area contributed by atoms with Crippen LogP contribution in [0.2, 0.25) is 0 Å². The van der Waals surface area contributed by atoms with Crippen LogP contribution in [0, 0.1) is 11.3 Å². The van der Waals surface area contributed by atoms with Gasteiger partial charge >= 0.3 is 0 Å². The van der Waals surface area contributed by atoms with Gasteiger partial charge in [0.05, 0.1) is 12.6 Å². The van der Waals surface area contributed by atoms with Gasteiger partial charge in [-0.15, -0.1) is 0 Å². The van der Waals surface area contributed by atoms with E-state index in [2.05, 4.69) is 11.4 Å². The summed E-state index contributed by atoms with van der Waals surface area (Å²) in [5, 5.41) is 11.7. The fourth-order valence-electron chi connectivity index (χ4n) is 0.978. The summed E-state index contributed by atoms with van der Waals surface area (Å²) in [6.45, 7) is 1.99. The van der Waals surface area contributed by atoms with Crippen molar-refractivity contribution in [2.75, 3.05) is 27.2 Å². The quantitative estimate of drug-likeness (QED) is 0.705. The van der Waals surface area contributed by atoms with Crippen molar-refractivity contribution in [1.82, 2.24) is 10.2 Å². The molecule has 0 aliphatic carbocycles. The second-order valence-electron chi connectivity index (χ2n) is 3.60. The Morgan fingerprint density at radius 1 is 1.57 bits per heavy atom. The molecule has 0 aliphatic rings. The summed E-state index contributed by atoms with van der Waals surface area (Å²) >= 11 is 0. The molecule has 1 N–H and O–H groups in total. The highest BCUT2D eigenvalue weighted by Crippen LogP contribution is 2.08. The molecule has 0 fully saturated rings. The largest absolute Gasteiger partial charge is 0.303 e. The number of nitrogens with zero attached hydrogens (tertiary/aromatic N) is 2. The van der Waals surface area contributed by atoms with Crippen molar-refractivity contribution in [2.45, 2.75) is 25.3 Å².